The SMILES string of the molecule is CC(C)(C)OC(=O)Nc1cccc2c1OC(C)(C)CC2O. The first-order chi connectivity index (χ1) is 9.57. The summed E-state index contributed by atoms with van der Waals surface area (Å²) in [5.74, 6) is 0.507. The number of carbonyl (C=O) groups excluding carboxylic acids is 1. The minimum absolute atomic E-state index is 0.488. The summed E-state index contributed by atoms with van der Waals surface area (Å²) < 4.78 is 11.2. The van der Waals surface area contributed by atoms with E-state index in [4.69, 9.17) is 9.47 Å². The van der Waals surface area contributed by atoms with Gasteiger partial charge in [-0.1, -0.05) is 12.1 Å². The summed E-state index contributed by atoms with van der Waals surface area (Å²) in [5, 5.41) is 12.9. The average Bonchev–Trinajstić information content (AvgIpc) is 2.26. The molecule has 1 aliphatic rings. The Morgan fingerprint density at radius 2 is 2.10 bits per heavy atom. The number of aliphatic hydroxyl groups is 1. The third kappa shape index (κ3) is 3.88. The first-order valence-electron chi connectivity index (χ1n) is 7.07. The average molecular weight is 293 g/mol. The topological polar surface area (TPSA) is 67.8 Å². The van der Waals surface area contributed by atoms with Crippen LogP contribution in [0.3, 0.4) is 0 Å². The maximum atomic E-state index is 11.9. The van der Waals surface area contributed by atoms with E-state index in [0.29, 0.717) is 23.4 Å². The smallest absolute Gasteiger partial charge is 0.412 e. The van der Waals surface area contributed by atoms with E-state index in [-0.39, 0.29) is 0 Å². The highest BCUT2D eigenvalue weighted by atomic mass is 16.6. The molecule has 1 aliphatic heterocycles. The molecule has 116 valence electrons. The lowest BCUT2D eigenvalue weighted by Crippen LogP contribution is -2.35. The Morgan fingerprint density at radius 1 is 1.43 bits per heavy atom. The quantitative estimate of drug-likeness (QED) is 0.829. The van der Waals surface area contributed by atoms with Crippen LogP contribution in [-0.2, 0) is 4.74 Å². The minimum Gasteiger partial charge on any atom is -0.485 e. The number of fused-ring (bicyclic) bond motifs is 1. The monoisotopic (exact) mass is 293 g/mol. The third-order valence-electron chi connectivity index (χ3n) is 3.10. The molecule has 0 aromatic heterocycles. The zero-order valence-electron chi connectivity index (χ0n) is 13.2. The Kier molecular flexibility index (Phi) is 3.89. The number of carbonyl (C=O) groups is 1. The first-order valence-corrected chi connectivity index (χ1v) is 7.07. The molecule has 1 unspecified atom stereocenters. The van der Waals surface area contributed by atoms with Gasteiger partial charge in [0.15, 0.2) is 0 Å². The summed E-state index contributed by atoms with van der Waals surface area (Å²) in [6, 6.07) is 5.31. The fraction of sp³-hybridized carbons (Fsp3) is 0.562. The number of hydrogen-bond donors (Lipinski definition) is 2. The number of benzene rings is 1. The van der Waals surface area contributed by atoms with Gasteiger partial charge in [0.2, 0.25) is 0 Å². The number of anilines is 1. The van der Waals surface area contributed by atoms with Gasteiger partial charge in [-0.05, 0) is 40.7 Å². The molecule has 5 nitrogen and oxygen atoms in total. The van der Waals surface area contributed by atoms with Gasteiger partial charge in [-0.25, -0.2) is 4.79 Å². The van der Waals surface area contributed by atoms with Crippen molar-refractivity contribution in [3.8, 4) is 5.75 Å². The second kappa shape index (κ2) is 5.22. The Balaban J connectivity index is 2.26. The standard InChI is InChI=1S/C16H23NO4/c1-15(2,3)21-14(19)17-11-8-6-7-10-12(18)9-16(4,5)20-13(10)11/h6-8,12,18H,9H2,1-5H3,(H,17,19). The van der Waals surface area contributed by atoms with E-state index < -0.39 is 23.4 Å². The fourth-order valence-corrected chi connectivity index (χ4v) is 2.34. The molecule has 0 radical (unpaired) electrons. The lowest BCUT2D eigenvalue weighted by Gasteiger charge is -2.36. The van der Waals surface area contributed by atoms with Gasteiger partial charge in [-0.2, -0.15) is 0 Å². The van der Waals surface area contributed by atoms with Crippen molar-refractivity contribution in [1.29, 1.82) is 0 Å². The first kappa shape index (κ1) is 15.6. The Labute approximate surface area is 125 Å². The van der Waals surface area contributed by atoms with E-state index in [1.165, 1.54) is 0 Å². The zero-order valence-corrected chi connectivity index (χ0v) is 13.2. The van der Waals surface area contributed by atoms with E-state index in [1.807, 2.05) is 13.8 Å². The maximum absolute atomic E-state index is 11.9. The van der Waals surface area contributed by atoms with Crippen molar-refractivity contribution in [3.05, 3.63) is 23.8 Å². The summed E-state index contributed by atoms with van der Waals surface area (Å²) in [6.45, 7) is 9.22. The van der Waals surface area contributed by atoms with E-state index in [1.54, 1.807) is 39.0 Å². The normalized spacial score (nSPS) is 20.2. The van der Waals surface area contributed by atoms with Gasteiger partial charge in [-0.3, -0.25) is 5.32 Å². The van der Waals surface area contributed by atoms with Crippen molar-refractivity contribution in [3.63, 3.8) is 0 Å². The highest BCUT2D eigenvalue weighted by Crippen LogP contribution is 2.43. The van der Waals surface area contributed by atoms with Gasteiger partial charge in [0, 0.05) is 12.0 Å². The molecule has 21 heavy (non-hydrogen) atoms. The lowest BCUT2D eigenvalue weighted by atomic mass is 9.91. The van der Waals surface area contributed by atoms with Crippen LogP contribution in [0, 0.1) is 0 Å². The largest absolute Gasteiger partial charge is 0.485 e. The van der Waals surface area contributed by atoms with Gasteiger partial charge >= 0.3 is 6.09 Å². The van der Waals surface area contributed by atoms with Crippen molar-refractivity contribution in [2.75, 3.05) is 5.32 Å². The molecular formula is C16H23NO4. The van der Waals surface area contributed by atoms with Crippen LogP contribution in [0.2, 0.25) is 0 Å². The third-order valence-corrected chi connectivity index (χ3v) is 3.10. The summed E-state index contributed by atoms with van der Waals surface area (Å²) in [6.07, 6.45) is -0.642. The van der Waals surface area contributed by atoms with Crippen LogP contribution in [0.15, 0.2) is 18.2 Å². The summed E-state index contributed by atoms with van der Waals surface area (Å²) in [7, 11) is 0. The van der Waals surface area contributed by atoms with E-state index >= 15 is 0 Å². The lowest BCUT2D eigenvalue weighted by molar-refractivity contribution is 0.0120. The molecule has 5 heteroatoms. The van der Waals surface area contributed by atoms with E-state index in [9.17, 15) is 9.90 Å². The fourth-order valence-electron chi connectivity index (χ4n) is 2.34. The predicted molar refractivity (Wildman–Crippen MR) is 80.6 cm³/mol. The molecule has 0 spiro atoms. The molecule has 0 saturated carbocycles. The molecule has 1 heterocycles. The minimum atomic E-state index is -0.607. The van der Waals surface area contributed by atoms with Crippen LogP contribution >= 0.6 is 0 Å². The summed E-state index contributed by atoms with van der Waals surface area (Å²) in [5.41, 5.74) is 0.132. The number of ether oxygens (including phenoxy) is 2. The predicted octanol–water partition coefficient (Wildman–Crippen LogP) is 3.63. The van der Waals surface area contributed by atoms with Crippen LogP contribution in [0.5, 0.6) is 5.75 Å². The van der Waals surface area contributed by atoms with E-state index in [0.717, 1.165) is 0 Å². The molecule has 0 saturated heterocycles. The molecule has 1 amide bonds. The van der Waals surface area contributed by atoms with Crippen LogP contribution in [0.25, 0.3) is 0 Å². The Bertz CT molecular complexity index is 546. The number of rotatable bonds is 1. The van der Waals surface area contributed by atoms with Gasteiger partial charge in [0.25, 0.3) is 0 Å². The summed E-state index contributed by atoms with van der Waals surface area (Å²) >= 11 is 0. The van der Waals surface area contributed by atoms with Gasteiger partial charge < -0.3 is 14.6 Å². The molecule has 0 bridgehead atoms. The van der Waals surface area contributed by atoms with Crippen molar-refractivity contribution < 1.29 is 19.4 Å². The zero-order chi connectivity index (χ0) is 15.8. The second-order valence-electron chi connectivity index (χ2n) is 6.93. The maximum Gasteiger partial charge on any atom is 0.412 e. The van der Waals surface area contributed by atoms with E-state index in [2.05, 4.69) is 5.32 Å². The molecule has 2 rings (SSSR count). The highest BCUT2D eigenvalue weighted by Gasteiger charge is 2.34. The van der Waals surface area contributed by atoms with Crippen molar-refractivity contribution in [2.45, 2.75) is 58.3 Å². The molecule has 0 fully saturated rings. The Hall–Kier alpha value is -1.75. The van der Waals surface area contributed by atoms with Crippen molar-refractivity contribution in [2.24, 2.45) is 0 Å². The number of nitrogens with one attached hydrogen (secondary N) is 1. The van der Waals surface area contributed by atoms with Crippen LogP contribution in [0.4, 0.5) is 10.5 Å². The number of para-hydroxylation sites is 1. The second-order valence-corrected chi connectivity index (χ2v) is 6.93. The Morgan fingerprint density at radius 3 is 2.71 bits per heavy atom. The van der Waals surface area contributed by atoms with Crippen molar-refractivity contribution >= 4 is 11.8 Å². The number of aliphatic hydroxyl groups excluding tert-OH is 1. The molecule has 0 aliphatic carbocycles. The number of hydrogen-bond acceptors (Lipinski definition) is 4. The molecular weight excluding hydrogens is 270 g/mol. The van der Waals surface area contributed by atoms with Crippen LogP contribution in [-0.4, -0.2) is 22.4 Å². The highest BCUT2D eigenvalue weighted by molar-refractivity contribution is 5.87. The van der Waals surface area contributed by atoms with Crippen LogP contribution in [0.1, 0.15) is 52.7 Å². The van der Waals surface area contributed by atoms with Gasteiger partial charge in [0.1, 0.15) is 17.0 Å². The summed E-state index contributed by atoms with van der Waals surface area (Å²) in [4.78, 5) is 11.9. The molecule has 1 aromatic rings. The van der Waals surface area contributed by atoms with Gasteiger partial charge in [0.05, 0.1) is 11.8 Å². The molecule has 2 N–H and O–H groups in total. The molecule has 1 aromatic carbocycles. The van der Waals surface area contributed by atoms with Crippen molar-refractivity contribution in [1.82, 2.24) is 0 Å². The molecule has 1 atom stereocenters. The van der Waals surface area contributed by atoms with Crippen LogP contribution < -0.4 is 10.1 Å². The number of amides is 1. The van der Waals surface area contributed by atoms with Gasteiger partial charge in [-0.15, -0.1) is 0 Å².